The van der Waals surface area contributed by atoms with Crippen molar-refractivity contribution in [2.24, 2.45) is 5.92 Å². The molecule has 0 aliphatic heterocycles. The molecule has 0 unspecified atom stereocenters. The Hall–Kier alpha value is -1.34. The Bertz CT molecular complexity index is 336. The molecule has 1 aromatic rings. The monoisotopic (exact) mass is 202 g/mol. The van der Waals surface area contributed by atoms with Crippen LogP contribution in [0.3, 0.4) is 0 Å². The molecule has 2 atom stereocenters. The fourth-order valence-electron chi connectivity index (χ4n) is 1.22. The molecule has 15 heavy (non-hydrogen) atoms. The first kappa shape index (κ1) is 11.7. The predicted molar refractivity (Wildman–Crippen MR) is 65.5 cm³/mol. The molecule has 1 rings (SSSR count). The Kier molecular flexibility index (Phi) is 3.87. The van der Waals surface area contributed by atoms with Crippen LogP contribution in [0.4, 0.5) is 0 Å². The van der Waals surface area contributed by atoms with Gasteiger partial charge in [-0.1, -0.05) is 55.5 Å². The summed E-state index contributed by atoms with van der Waals surface area (Å²) in [5.41, 5.74) is 0.256. The summed E-state index contributed by atoms with van der Waals surface area (Å²) in [6.45, 7) is 7.43. The van der Waals surface area contributed by atoms with Crippen LogP contribution >= 0.6 is 0 Å². The summed E-state index contributed by atoms with van der Waals surface area (Å²) in [6.07, 6.45) is 5.50. The fourth-order valence-corrected chi connectivity index (χ4v) is 1.22. The maximum absolute atomic E-state index is 10.1. The lowest BCUT2D eigenvalue weighted by atomic mass is 9.90. The second-order valence-electron chi connectivity index (χ2n) is 3.99. The van der Waals surface area contributed by atoms with Crippen molar-refractivity contribution in [3.63, 3.8) is 0 Å². The van der Waals surface area contributed by atoms with E-state index in [-0.39, 0.29) is 5.92 Å². The minimum Gasteiger partial charge on any atom is -0.385 e. The lowest BCUT2D eigenvalue weighted by Crippen LogP contribution is -2.28. The van der Waals surface area contributed by atoms with Gasteiger partial charge in [-0.2, -0.15) is 0 Å². The zero-order valence-electron chi connectivity index (χ0n) is 9.35. The molecule has 0 radical (unpaired) electrons. The Labute approximate surface area is 91.8 Å². The molecule has 0 heterocycles. The van der Waals surface area contributed by atoms with Crippen LogP contribution in [0.5, 0.6) is 0 Å². The highest BCUT2D eigenvalue weighted by atomic mass is 16.3. The van der Waals surface area contributed by atoms with Crippen molar-refractivity contribution in [3.05, 3.63) is 54.6 Å². The van der Waals surface area contributed by atoms with Gasteiger partial charge in [0, 0.05) is 5.92 Å². The Morgan fingerprint density at radius 1 is 1.33 bits per heavy atom. The summed E-state index contributed by atoms with van der Waals surface area (Å²) in [4.78, 5) is 0. The molecule has 80 valence electrons. The van der Waals surface area contributed by atoms with Gasteiger partial charge in [0.05, 0.1) is 5.60 Å². The Morgan fingerprint density at radius 2 is 1.93 bits per heavy atom. The van der Waals surface area contributed by atoms with Crippen LogP contribution in [0, 0.1) is 5.92 Å². The summed E-state index contributed by atoms with van der Waals surface area (Å²) in [6, 6.07) is 9.94. The first-order valence-corrected chi connectivity index (χ1v) is 5.15. The van der Waals surface area contributed by atoms with E-state index in [2.05, 4.69) is 6.58 Å². The van der Waals surface area contributed by atoms with Gasteiger partial charge in [0.15, 0.2) is 0 Å². The number of aliphatic hydroxyl groups is 1. The highest BCUT2D eigenvalue weighted by Gasteiger charge is 2.21. The largest absolute Gasteiger partial charge is 0.385 e. The SMILES string of the molecule is C=C[C@@H](C)[C@](C)(O)/C=C/c1ccccc1. The van der Waals surface area contributed by atoms with Crippen LogP contribution in [-0.4, -0.2) is 10.7 Å². The summed E-state index contributed by atoms with van der Waals surface area (Å²) < 4.78 is 0. The second-order valence-corrected chi connectivity index (χ2v) is 3.99. The summed E-state index contributed by atoms with van der Waals surface area (Å²) in [5.74, 6) is 0.0393. The van der Waals surface area contributed by atoms with Gasteiger partial charge in [0.1, 0.15) is 0 Å². The van der Waals surface area contributed by atoms with Gasteiger partial charge < -0.3 is 5.11 Å². The van der Waals surface area contributed by atoms with Crippen molar-refractivity contribution in [1.29, 1.82) is 0 Å². The highest BCUT2D eigenvalue weighted by Crippen LogP contribution is 2.20. The molecule has 0 bridgehead atoms. The average molecular weight is 202 g/mol. The minimum absolute atomic E-state index is 0.0393. The van der Waals surface area contributed by atoms with E-state index >= 15 is 0 Å². The normalized spacial score (nSPS) is 17.3. The number of rotatable bonds is 4. The summed E-state index contributed by atoms with van der Waals surface area (Å²) >= 11 is 0. The number of hydrogen-bond donors (Lipinski definition) is 1. The Morgan fingerprint density at radius 3 is 2.47 bits per heavy atom. The lowest BCUT2D eigenvalue weighted by molar-refractivity contribution is 0.0754. The van der Waals surface area contributed by atoms with Crippen molar-refractivity contribution >= 4 is 6.08 Å². The molecular weight excluding hydrogens is 184 g/mol. The van der Waals surface area contributed by atoms with Crippen molar-refractivity contribution in [2.45, 2.75) is 19.4 Å². The van der Waals surface area contributed by atoms with Crippen LogP contribution in [0.2, 0.25) is 0 Å². The van der Waals surface area contributed by atoms with Crippen LogP contribution in [0.15, 0.2) is 49.1 Å². The van der Waals surface area contributed by atoms with Crippen molar-refractivity contribution in [3.8, 4) is 0 Å². The van der Waals surface area contributed by atoms with E-state index in [9.17, 15) is 5.11 Å². The zero-order chi connectivity index (χ0) is 11.3. The van der Waals surface area contributed by atoms with E-state index in [1.165, 1.54) is 0 Å². The van der Waals surface area contributed by atoms with Crippen LogP contribution in [0.1, 0.15) is 19.4 Å². The first-order chi connectivity index (χ1) is 7.06. The fraction of sp³-hybridized carbons (Fsp3) is 0.286. The molecule has 1 heteroatoms. The molecule has 1 nitrogen and oxygen atoms in total. The van der Waals surface area contributed by atoms with Crippen LogP contribution < -0.4 is 0 Å². The molecule has 0 amide bonds. The van der Waals surface area contributed by atoms with Gasteiger partial charge >= 0.3 is 0 Å². The zero-order valence-corrected chi connectivity index (χ0v) is 9.35. The third-order valence-corrected chi connectivity index (χ3v) is 2.69. The minimum atomic E-state index is -0.836. The average Bonchev–Trinajstić information content (AvgIpc) is 2.27. The lowest BCUT2D eigenvalue weighted by Gasteiger charge is -2.24. The topological polar surface area (TPSA) is 20.2 Å². The van der Waals surface area contributed by atoms with E-state index in [4.69, 9.17) is 0 Å². The standard InChI is InChI=1S/C14H18O/c1-4-12(2)14(3,15)11-10-13-8-6-5-7-9-13/h4-12,15H,1H2,2-3H3/b11-10+/t12-,14-/m1/s1. The molecule has 1 N–H and O–H groups in total. The highest BCUT2D eigenvalue weighted by molar-refractivity contribution is 5.50. The predicted octanol–water partition coefficient (Wildman–Crippen LogP) is 3.27. The molecule has 0 saturated carbocycles. The molecule has 0 fully saturated rings. The number of hydrogen-bond acceptors (Lipinski definition) is 1. The first-order valence-electron chi connectivity index (χ1n) is 5.15. The quantitative estimate of drug-likeness (QED) is 0.743. The van der Waals surface area contributed by atoms with E-state index in [1.807, 2.05) is 49.4 Å². The second kappa shape index (κ2) is 4.94. The molecule has 0 spiro atoms. The van der Waals surface area contributed by atoms with Gasteiger partial charge in [0.25, 0.3) is 0 Å². The van der Waals surface area contributed by atoms with E-state index in [0.717, 1.165) is 5.56 Å². The number of benzene rings is 1. The van der Waals surface area contributed by atoms with Gasteiger partial charge in [-0.3, -0.25) is 0 Å². The van der Waals surface area contributed by atoms with Gasteiger partial charge in [-0.25, -0.2) is 0 Å². The van der Waals surface area contributed by atoms with Crippen molar-refractivity contribution in [2.75, 3.05) is 0 Å². The molecule has 0 aliphatic rings. The molecule has 0 aliphatic carbocycles. The summed E-state index contributed by atoms with van der Waals surface area (Å²) in [7, 11) is 0. The van der Waals surface area contributed by atoms with E-state index in [1.54, 1.807) is 13.0 Å². The van der Waals surface area contributed by atoms with Crippen LogP contribution in [0.25, 0.3) is 6.08 Å². The van der Waals surface area contributed by atoms with Crippen molar-refractivity contribution < 1.29 is 5.11 Å². The van der Waals surface area contributed by atoms with Crippen LogP contribution in [-0.2, 0) is 0 Å². The third-order valence-electron chi connectivity index (χ3n) is 2.69. The smallest absolute Gasteiger partial charge is 0.0862 e. The maximum Gasteiger partial charge on any atom is 0.0862 e. The Balaban J connectivity index is 2.77. The summed E-state index contributed by atoms with van der Waals surface area (Å²) in [5, 5.41) is 10.1. The van der Waals surface area contributed by atoms with E-state index in [0.29, 0.717) is 0 Å². The maximum atomic E-state index is 10.1. The molecule has 1 aromatic carbocycles. The molecular formula is C14H18O. The molecule has 0 aromatic heterocycles. The third kappa shape index (κ3) is 3.37. The molecule has 0 saturated heterocycles. The van der Waals surface area contributed by atoms with Crippen molar-refractivity contribution in [1.82, 2.24) is 0 Å². The van der Waals surface area contributed by atoms with Gasteiger partial charge in [0.2, 0.25) is 0 Å². The van der Waals surface area contributed by atoms with Gasteiger partial charge in [-0.05, 0) is 12.5 Å². The van der Waals surface area contributed by atoms with Gasteiger partial charge in [-0.15, -0.1) is 6.58 Å². The van der Waals surface area contributed by atoms with E-state index < -0.39 is 5.60 Å².